The average Bonchev–Trinajstić information content (AvgIpc) is 2.72. The number of ether oxygens (including phenoxy) is 1. The van der Waals surface area contributed by atoms with Crippen molar-refractivity contribution < 1.29 is 13.9 Å². The molecule has 3 N–H and O–H groups in total. The van der Waals surface area contributed by atoms with Gasteiger partial charge in [-0.2, -0.15) is 0 Å². The first-order valence-corrected chi connectivity index (χ1v) is 10.3. The number of halogens is 2. The Morgan fingerprint density at radius 2 is 1.77 bits per heavy atom. The predicted molar refractivity (Wildman–Crippen MR) is 129 cm³/mol. The second-order valence-corrected chi connectivity index (χ2v) is 7.49. The Morgan fingerprint density at radius 1 is 1.13 bits per heavy atom. The minimum Gasteiger partial charge on any atom is -0.379 e. The summed E-state index contributed by atoms with van der Waals surface area (Å²) in [5.41, 5.74) is 0.789. The quantitative estimate of drug-likeness (QED) is 0.194. The molecular formula is C21H35FIN5O2. The Bertz CT molecular complexity index is 651. The van der Waals surface area contributed by atoms with Crippen LogP contribution in [0.3, 0.4) is 0 Å². The maximum absolute atomic E-state index is 12.9. The molecule has 1 aliphatic heterocycles. The summed E-state index contributed by atoms with van der Waals surface area (Å²) in [6, 6.07) is 6.38. The topological polar surface area (TPSA) is 78.0 Å². The predicted octanol–water partition coefficient (Wildman–Crippen LogP) is 1.62. The third kappa shape index (κ3) is 9.57. The number of aliphatic imine (C=N–C) groups is 1. The third-order valence-corrected chi connectivity index (χ3v) is 5.00. The standard InChI is InChI=1S/C21H34FN5O2.HI/c1-16(2)19(27-10-12-29-13-11-27)15-26-21(23-3)25-9-8-24-20(28)14-17-4-6-18(22)7-5-17;/h4-7,16,19H,8-15H2,1-3H3,(H,24,28)(H2,23,25,26);1H. The average molecular weight is 535 g/mol. The van der Waals surface area contributed by atoms with Crippen molar-refractivity contribution in [2.75, 3.05) is 53.0 Å². The van der Waals surface area contributed by atoms with E-state index < -0.39 is 0 Å². The zero-order valence-electron chi connectivity index (χ0n) is 18.1. The van der Waals surface area contributed by atoms with Crippen molar-refractivity contribution in [3.8, 4) is 0 Å². The zero-order chi connectivity index (χ0) is 21.1. The summed E-state index contributed by atoms with van der Waals surface area (Å²) in [4.78, 5) is 18.7. The van der Waals surface area contributed by atoms with Crippen LogP contribution in [0.1, 0.15) is 19.4 Å². The number of nitrogens with zero attached hydrogens (tertiary/aromatic N) is 2. The molecule has 0 bridgehead atoms. The Morgan fingerprint density at radius 3 is 2.37 bits per heavy atom. The molecule has 1 amide bonds. The molecule has 1 fully saturated rings. The summed E-state index contributed by atoms with van der Waals surface area (Å²) >= 11 is 0. The van der Waals surface area contributed by atoms with Crippen LogP contribution in [-0.2, 0) is 16.0 Å². The molecule has 1 aromatic rings. The van der Waals surface area contributed by atoms with Gasteiger partial charge >= 0.3 is 0 Å². The van der Waals surface area contributed by atoms with Crippen LogP contribution in [0.25, 0.3) is 0 Å². The maximum Gasteiger partial charge on any atom is 0.224 e. The van der Waals surface area contributed by atoms with Gasteiger partial charge in [0.05, 0.1) is 19.6 Å². The highest BCUT2D eigenvalue weighted by Crippen LogP contribution is 2.12. The molecule has 0 radical (unpaired) electrons. The largest absolute Gasteiger partial charge is 0.379 e. The monoisotopic (exact) mass is 535 g/mol. The Balaban J connectivity index is 0.00000450. The van der Waals surface area contributed by atoms with E-state index in [0.29, 0.717) is 25.0 Å². The fourth-order valence-electron chi connectivity index (χ4n) is 3.35. The zero-order valence-corrected chi connectivity index (χ0v) is 20.4. The van der Waals surface area contributed by atoms with Crippen molar-refractivity contribution in [3.05, 3.63) is 35.6 Å². The van der Waals surface area contributed by atoms with Crippen molar-refractivity contribution in [2.45, 2.75) is 26.3 Å². The lowest BCUT2D eigenvalue weighted by Gasteiger charge is -2.37. The van der Waals surface area contributed by atoms with Crippen molar-refractivity contribution in [1.29, 1.82) is 0 Å². The number of rotatable bonds is 9. The molecule has 0 aromatic heterocycles. The molecule has 9 heteroatoms. The second-order valence-electron chi connectivity index (χ2n) is 7.49. The van der Waals surface area contributed by atoms with Crippen LogP contribution in [-0.4, -0.2) is 75.8 Å². The summed E-state index contributed by atoms with van der Waals surface area (Å²) in [5.74, 6) is 0.847. The van der Waals surface area contributed by atoms with Gasteiger partial charge in [0.25, 0.3) is 0 Å². The fraction of sp³-hybridized carbons (Fsp3) is 0.619. The number of nitrogens with one attached hydrogen (secondary N) is 3. The van der Waals surface area contributed by atoms with Crippen LogP contribution in [0.2, 0.25) is 0 Å². The second kappa shape index (κ2) is 14.5. The molecule has 1 aliphatic rings. The molecule has 170 valence electrons. The number of guanidine groups is 1. The Labute approximate surface area is 196 Å². The molecule has 1 saturated heterocycles. The SMILES string of the molecule is CN=C(NCCNC(=O)Cc1ccc(F)cc1)NCC(C(C)C)N1CCOCC1.I. The Kier molecular flexibility index (Phi) is 12.9. The first kappa shape index (κ1) is 26.6. The van der Waals surface area contributed by atoms with E-state index in [2.05, 4.69) is 39.7 Å². The van der Waals surface area contributed by atoms with Gasteiger partial charge in [-0.3, -0.25) is 14.7 Å². The van der Waals surface area contributed by atoms with E-state index in [0.717, 1.165) is 44.4 Å². The van der Waals surface area contributed by atoms with Gasteiger partial charge in [-0.25, -0.2) is 4.39 Å². The molecule has 1 atom stereocenters. The molecule has 0 aliphatic carbocycles. The van der Waals surface area contributed by atoms with Gasteiger partial charge in [0.15, 0.2) is 5.96 Å². The van der Waals surface area contributed by atoms with Gasteiger partial charge in [-0.15, -0.1) is 24.0 Å². The summed E-state index contributed by atoms with van der Waals surface area (Å²) in [7, 11) is 1.74. The van der Waals surface area contributed by atoms with Gasteiger partial charge in [0.1, 0.15) is 5.82 Å². The van der Waals surface area contributed by atoms with Crippen molar-refractivity contribution >= 4 is 35.8 Å². The molecule has 1 unspecified atom stereocenters. The first-order chi connectivity index (χ1) is 14.0. The van der Waals surface area contributed by atoms with E-state index in [9.17, 15) is 9.18 Å². The molecule has 0 saturated carbocycles. The van der Waals surface area contributed by atoms with E-state index in [1.807, 2.05) is 0 Å². The highest BCUT2D eigenvalue weighted by Gasteiger charge is 2.23. The lowest BCUT2D eigenvalue weighted by molar-refractivity contribution is -0.120. The number of morpholine rings is 1. The van der Waals surface area contributed by atoms with E-state index >= 15 is 0 Å². The van der Waals surface area contributed by atoms with Crippen LogP contribution in [0.4, 0.5) is 4.39 Å². The molecular weight excluding hydrogens is 500 g/mol. The number of amides is 1. The first-order valence-electron chi connectivity index (χ1n) is 10.3. The molecule has 30 heavy (non-hydrogen) atoms. The lowest BCUT2D eigenvalue weighted by atomic mass is 10.0. The minimum atomic E-state index is -0.300. The van der Waals surface area contributed by atoms with E-state index in [4.69, 9.17) is 4.74 Å². The molecule has 1 aromatic carbocycles. The summed E-state index contributed by atoms with van der Waals surface area (Å²) in [6.45, 7) is 9.79. The fourth-order valence-corrected chi connectivity index (χ4v) is 3.35. The van der Waals surface area contributed by atoms with Gasteiger partial charge in [0, 0.05) is 45.8 Å². The van der Waals surface area contributed by atoms with Crippen molar-refractivity contribution in [2.24, 2.45) is 10.9 Å². The molecule has 0 spiro atoms. The van der Waals surface area contributed by atoms with Gasteiger partial charge in [-0.1, -0.05) is 26.0 Å². The van der Waals surface area contributed by atoms with Gasteiger partial charge in [-0.05, 0) is 23.6 Å². The third-order valence-electron chi connectivity index (χ3n) is 5.00. The number of hydrogen-bond acceptors (Lipinski definition) is 4. The van der Waals surface area contributed by atoms with E-state index in [1.165, 1.54) is 12.1 Å². The van der Waals surface area contributed by atoms with Crippen molar-refractivity contribution in [1.82, 2.24) is 20.9 Å². The highest BCUT2D eigenvalue weighted by molar-refractivity contribution is 14.0. The van der Waals surface area contributed by atoms with Crippen LogP contribution >= 0.6 is 24.0 Å². The minimum absolute atomic E-state index is 0. The maximum atomic E-state index is 12.9. The molecule has 1 heterocycles. The van der Waals surface area contributed by atoms with Crippen LogP contribution in [0.15, 0.2) is 29.3 Å². The number of hydrogen-bond donors (Lipinski definition) is 3. The van der Waals surface area contributed by atoms with E-state index in [-0.39, 0.29) is 42.1 Å². The smallest absolute Gasteiger partial charge is 0.224 e. The van der Waals surface area contributed by atoms with Gasteiger partial charge < -0.3 is 20.7 Å². The summed E-state index contributed by atoms with van der Waals surface area (Å²) < 4.78 is 18.4. The van der Waals surface area contributed by atoms with Crippen LogP contribution < -0.4 is 16.0 Å². The van der Waals surface area contributed by atoms with Crippen LogP contribution in [0.5, 0.6) is 0 Å². The number of carbonyl (C=O) groups excluding carboxylic acids is 1. The lowest BCUT2D eigenvalue weighted by Crippen LogP contribution is -2.53. The van der Waals surface area contributed by atoms with Gasteiger partial charge in [0.2, 0.25) is 5.91 Å². The van der Waals surface area contributed by atoms with Crippen molar-refractivity contribution in [3.63, 3.8) is 0 Å². The normalized spacial score (nSPS) is 16.0. The van der Waals surface area contributed by atoms with Crippen LogP contribution in [0, 0.1) is 11.7 Å². The number of carbonyl (C=O) groups is 1. The van der Waals surface area contributed by atoms with E-state index in [1.54, 1.807) is 19.2 Å². The Hall–Kier alpha value is -1.46. The summed E-state index contributed by atoms with van der Waals surface area (Å²) in [5, 5.41) is 9.47. The molecule has 7 nitrogen and oxygen atoms in total. The summed E-state index contributed by atoms with van der Waals surface area (Å²) in [6.07, 6.45) is 0.239. The molecule has 2 rings (SSSR count). The highest BCUT2D eigenvalue weighted by atomic mass is 127. The number of benzene rings is 1.